The fourth-order valence-electron chi connectivity index (χ4n) is 4.81. The predicted molar refractivity (Wildman–Crippen MR) is 99.3 cm³/mol. The van der Waals surface area contributed by atoms with E-state index in [0.717, 1.165) is 13.2 Å². The average Bonchev–Trinajstić information content (AvgIpc) is 3.25. The van der Waals surface area contributed by atoms with Crippen LogP contribution in [0.25, 0.3) is 11.1 Å². The first kappa shape index (κ1) is 14.1. The van der Waals surface area contributed by atoms with E-state index in [-0.39, 0.29) is 5.41 Å². The van der Waals surface area contributed by atoms with Gasteiger partial charge in [-0.05, 0) is 58.5 Å². The fraction of sp³-hybridized carbons (Fsp3) is 0.364. The number of ether oxygens (including phenoxy) is 1. The molecule has 2 aromatic carbocycles. The lowest BCUT2D eigenvalue weighted by Crippen LogP contribution is -2.33. The van der Waals surface area contributed by atoms with Crippen LogP contribution in [0.4, 0.5) is 5.69 Å². The number of hydrogen-bond acceptors (Lipinski definition) is 3. The summed E-state index contributed by atoms with van der Waals surface area (Å²) >= 11 is 0. The molecule has 0 amide bonds. The van der Waals surface area contributed by atoms with E-state index in [1.165, 1.54) is 39.1 Å². The van der Waals surface area contributed by atoms with Crippen LogP contribution in [-0.2, 0) is 16.7 Å². The summed E-state index contributed by atoms with van der Waals surface area (Å²) in [6.45, 7) is 8.85. The lowest BCUT2D eigenvalue weighted by molar-refractivity contribution is 0.273. The van der Waals surface area contributed by atoms with Crippen LogP contribution < -0.4 is 5.01 Å². The van der Waals surface area contributed by atoms with Crippen LogP contribution in [0.2, 0.25) is 0 Å². The number of nitrogens with zero attached hydrogens (tertiary/aromatic N) is 2. The number of hydrogen-bond donors (Lipinski definition) is 0. The van der Waals surface area contributed by atoms with Crippen molar-refractivity contribution >= 4 is 5.69 Å². The molecule has 2 atom stereocenters. The molecular formula is C22H22N2O. The number of epoxide rings is 1. The Labute approximate surface area is 148 Å². The van der Waals surface area contributed by atoms with Crippen molar-refractivity contribution in [3.63, 3.8) is 0 Å². The Bertz CT molecular complexity index is 955. The maximum absolute atomic E-state index is 5.50. The predicted octanol–water partition coefficient (Wildman–Crippen LogP) is 4.52. The minimum absolute atomic E-state index is 0.0348. The lowest BCUT2D eigenvalue weighted by atomic mass is 9.81. The zero-order valence-electron chi connectivity index (χ0n) is 14.9. The Morgan fingerprint density at radius 1 is 1.08 bits per heavy atom. The summed E-state index contributed by atoms with van der Waals surface area (Å²) in [6.07, 6.45) is 4.82. The Hall–Kier alpha value is -2.10. The Morgan fingerprint density at radius 3 is 2.68 bits per heavy atom. The van der Waals surface area contributed by atoms with Gasteiger partial charge in [0.1, 0.15) is 6.10 Å². The molecular weight excluding hydrogens is 308 g/mol. The molecule has 1 fully saturated rings. The van der Waals surface area contributed by atoms with E-state index in [2.05, 4.69) is 73.4 Å². The molecule has 0 radical (unpaired) electrons. The first-order valence-electron chi connectivity index (χ1n) is 9.22. The number of hydrazine groups is 1. The molecule has 1 saturated heterocycles. The maximum Gasteiger partial charge on any atom is 0.106 e. The average molecular weight is 330 g/mol. The summed E-state index contributed by atoms with van der Waals surface area (Å²) < 4.78 is 5.50. The van der Waals surface area contributed by atoms with Gasteiger partial charge in [-0.3, -0.25) is 5.01 Å². The minimum Gasteiger partial charge on any atom is -0.368 e. The van der Waals surface area contributed by atoms with Gasteiger partial charge in [0.15, 0.2) is 0 Å². The van der Waals surface area contributed by atoms with Crippen molar-refractivity contribution in [1.29, 1.82) is 0 Å². The molecule has 2 unspecified atom stereocenters. The molecule has 126 valence electrons. The molecule has 0 saturated carbocycles. The van der Waals surface area contributed by atoms with Crippen molar-refractivity contribution in [1.82, 2.24) is 5.01 Å². The van der Waals surface area contributed by atoms with Crippen LogP contribution in [0.3, 0.4) is 0 Å². The highest BCUT2D eigenvalue weighted by Gasteiger charge is 2.40. The van der Waals surface area contributed by atoms with Gasteiger partial charge in [0.05, 0.1) is 12.3 Å². The van der Waals surface area contributed by atoms with Crippen LogP contribution in [-0.4, -0.2) is 17.7 Å². The normalized spacial score (nSPS) is 27.2. The largest absolute Gasteiger partial charge is 0.368 e. The summed E-state index contributed by atoms with van der Waals surface area (Å²) in [5.74, 6) is 0. The molecule has 1 aliphatic carbocycles. The third-order valence-electron chi connectivity index (χ3n) is 6.44. The summed E-state index contributed by atoms with van der Waals surface area (Å²) in [5, 5.41) is 4.77. The molecule has 4 aliphatic rings. The van der Waals surface area contributed by atoms with Crippen molar-refractivity contribution in [3.05, 3.63) is 64.9 Å². The first-order valence-corrected chi connectivity index (χ1v) is 9.22. The van der Waals surface area contributed by atoms with Gasteiger partial charge in [-0.1, -0.05) is 32.0 Å². The van der Waals surface area contributed by atoms with E-state index < -0.39 is 0 Å². The maximum atomic E-state index is 5.50. The topological polar surface area (TPSA) is 19.0 Å². The van der Waals surface area contributed by atoms with Gasteiger partial charge in [-0.25, -0.2) is 5.01 Å². The van der Waals surface area contributed by atoms with Crippen molar-refractivity contribution in [2.24, 2.45) is 0 Å². The Morgan fingerprint density at radius 2 is 1.88 bits per heavy atom. The molecule has 25 heavy (non-hydrogen) atoms. The number of fused-ring (bicyclic) bond motifs is 6. The van der Waals surface area contributed by atoms with Crippen LogP contribution in [0.1, 0.15) is 49.1 Å². The van der Waals surface area contributed by atoms with E-state index in [1.54, 1.807) is 0 Å². The van der Waals surface area contributed by atoms with Gasteiger partial charge < -0.3 is 4.74 Å². The van der Waals surface area contributed by atoms with E-state index >= 15 is 0 Å². The van der Waals surface area contributed by atoms with Crippen molar-refractivity contribution in [3.8, 4) is 11.1 Å². The van der Waals surface area contributed by atoms with E-state index in [9.17, 15) is 0 Å². The summed E-state index contributed by atoms with van der Waals surface area (Å²) in [6, 6.07) is 12.3. The van der Waals surface area contributed by atoms with Crippen molar-refractivity contribution in [2.45, 2.75) is 44.9 Å². The lowest BCUT2D eigenvalue weighted by Gasteiger charge is -2.26. The van der Waals surface area contributed by atoms with Crippen LogP contribution in [0, 0.1) is 0 Å². The highest BCUT2D eigenvalue weighted by Crippen LogP contribution is 2.53. The Kier molecular flexibility index (Phi) is 2.45. The molecule has 3 heteroatoms. The summed E-state index contributed by atoms with van der Waals surface area (Å²) in [5.41, 5.74) is 9.87. The quantitative estimate of drug-likeness (QED) is 0.717. The zero-order chi connectivity index (χ0) is 16.9. The van der Waals surface area contributed by atoms with Gasteiger partial charge in [-0.15, -0.1) is 0 Å². The molecule has 0 aromatic heterocycles. The highest BCUT2D eigenvalue weighted by molar-refractivity contribution is 5.84. The molecule has 2 aromatic rings. The third-order valence-corrected chi connectivity index (χ3v) is 6.44. The highest BCUT2D eigenvalue weighted by atomic mass is 16.6. The van der Waals surface area contributed by atoms with Crippen molar-refractivity contribution < 1.29 is 4.74 Å². The fourth-order valence-corrected chi connectivity index (χ4v) is 4.81. The Balaban J connectivity index is 1.54. The molecule has 0 bridgehead atoms. The summed E-state index contributed by atoms with van der Waals surface area (Å²) in [7, 11) is 0. The van der Waals surface area contributed by atoms with Gasteiger partial charge >= 0.3 is 0 Å². The van der Waals surface area contributed by atoms with E-state index in [4.69, 9.17) is 4.74 Å². The second kappa shape index (κ2) is 4.35. The number of benzene rings is 2. The minimum atomic E-state index is 0.0348. The molecule has 3 aliphatic heterocycles. The summed E-state index contributed by atoms with van der Waals surface area (Å²) in [4.78, 5) is 0. The van der Waals surface area contributed by atoms with Crippen LogP contribution >= 0.6 is 0 Å². The molecule has 3 nitrogen and oxygen atoms in total. The van der Waals surface area contributed by atoms with Gasteiger partial charge in [0.25, 0.3) is 0 Å². The van der Waals surface area contributed by atoms with Gasteiger partial charge in [-0.2, -0.15) is 0 Å². The SMILES string of the molecule is CC1C=CN2c3cc4c(cc3CN12)-c1ccc(C2CO2)cc1C4(C)C. The zero-order valence-corrected chi connectivity index (χ0v) is 14.9. The molecule has 0 spiro atoms. The van der Waals surface area contributed by atoms with Gasteiger partial charge in [0.2, 0.25) is 0 Å². The molecule has 0 N–H and O–H groups in total. The van der Waals surface area contributed by atoms with Crippen LogP contribution in [0.15, 0.2) is 42.6 Å². The van der Waals surface area contributed by atoms with E-state index in [1.807, 2.05) is 0 Å². The third kappa shape index (κ3) is 1.73. The number of rotatable bonds is 1. The molecule has 3 heterocycles. The van der Waals surface area contributed by atoms with Gasteiger partial charge in [0, 0.05) is 24.2 Å². The first-order chi connectivity index (χ1) is 12.0. The number of anilines is 1. The van der Waals surface area contributed by atoms with Crippen molar-refractivity contribution in [2.75, 3.05) is 11.6 Å². The second-order valence-electron chi connectivity index (χ2n) is 8.30. The second-order valence-corrected chi connectivity index (χ2v) is 8.30. The van der Waals surface area contributed by atoms with Crippen LogP contribution in [0.5, 0.6) is 0 Å². The smallest absolute Gasteiger partial charge is 0.106 e. The molecule has 6 rings (SSSR count). The monoisotopic (exact) mass is 330 g/mol. The van der Waals surface area contributed by atoms with E-state index in [0.29, 0.717) is 12.1 Å². The standard InChI is InChI=1S/C22H22N2O/c1-13-6-7-23-20-10-19-17(8-15(20)11-24(13)23)16-5-4-14(21-12-25-21)9-18(16)22(19,2)3/h4-10,13,21H,11-12H2,1-3H3.